The van der Waals surface area contributed by atoms with Crippen molar-refractivity contribution in [3.05, 3.63) is 68.2 Å². The predicted molar refractivity (Wildman–Crippen MR) is 83.8 cm³/mol. The Bertz CT molecular complexity index is 743. The van der Waals surface area contributed by atoms with E-state index >= 15 is 0 Å². The number of halogens is 1. The van der Waals surface area contributed by atoms with Gasteiger partial charge in [-0.2, -0.15) is 0 Å². The molecule has 0 unspecified atom stereocenters. The minimum Gasteiger partial charge on any atom is -0.484 e. The Morgan fingerprint density at radius 1 is 1.23 bits per heavy atom. The smallest absolute Gasteiger partial charge is 0.271 e. The minimum absolute atomic E-state index is 0.1000. The molecule has 0 aliphatic rings. The van der Waals surface area contributed by atoms with Gasteiger partial charge < -0.3 is 4.74 Å². The molecule has 6 heteroatoms. The molecule has 0 heterocycles. The molecule has 0 aromatic heterocycles. The summed E-state index contributed by atoms with van der Waals surface area (Å²) in [6.07, 6.45) is 0. The highest BCUT2D eigenvalue weighted by Gasteiger charge is 2.14. The van der Waals surface area contributed by atoms with Gasteiger partial charge in [0.1, 0.15) is 5.75 Å². The SMILES string of the molecule is Cc1ccc(C)c(C(=O)COc2ccc([N+](=O)[O-])cc2Cl)c1. The monoisotopic (exact) mass is 319 g/mol. The number of Topliss-reactive ketones (excluding diaryl/α,β-unsaturated/α-hetero) is 1. The number of ketones is 1. The van der Waals surface area contributed by atoms with Crippen LogP contribution in [-0.2, 0) is 0 Å². The first-order valence-corrected chi connectivity index (χ1v) is 6.93. The summed E-state index contributed by atoms with van der Waals surface area (Å²) in [5.74, 6) is 0.0709. The standard InChI is InChI=1S/C16H14ClNO4/c1-10-3-4-11(2)13(7-10)15(19)9-22-16-6-5-12(18(20)21)8-14(16)17/h3-8H,9H2,1-2H3. The van der Waals surface area contributed by atoms with Gasteiger partial charge in [0.15, 0.2) is 12.4 Å². The maximum Gasteiger partial charge on any atom is 0.271 e. The topological polar surface area (TPSA) is 69.4 Å². The summed E-state index contributed by atoms with van der Waals surface area (Å²) < 4.78 is 5.38. The molecular formula is C16H14ClNO4. The molecule has 0 saturated carbocycles. The number of hydrogen-bond acceptors (Lipinski definition) is 4. The predicted octanol–water partition coefficient (Wildman–Crippen LogP) is 4.13. The summed E-state index contributed by atoms with van der Waals surface area (Å²) in [6, 6.07) is 9.47. The molecular weight excluding hydrogens is 306 g/mol. The van der Waals surface area contributed by atoms with Crippen molar-refractivity contribution in [3.8, 4) is 5.75 Å². The van der Waals surface area contributed by atoms with Crippen molar-refractivity contribution in [1.29, 1.82) is 0 Å². The van der Waals surface area contributed by atoms with Gasteiger partial charge in [0.05, 0.1) is 9.95 Å². The highest BCUT2D eigenvalue weighted by atomic mass is 35.5. The molecule has 2 rings (SSSR count). The quantitative estimate of drug-likeness (QED) is 0.472. The van der Waals surface area contributed by atoms with E-state index in [1.165, 1.54) is 18.2 Å². The molecule has 2 aromatic rings. The lowest BCUT2D eigenvalue weighted by molar-refractivity contribution is -0.384. The van der Waals surface area contributed by atoms with Crippen LogP contribution in [-0.4, -0.2) is 17.3 Å². The normalized spacial score (nSPS) is 10.3. The third-order valence-corrected chi connectivity index (χ3v) is 3.47. The molecule has 0 radical (unpaired) electrons. The Balaban J connectivity index is 2.11. The van der Waals surface area contributed by atoms with Crippen LogP contribution in [0.25, 0.3) is 0 Å². The van der Waals surface area contributed by atoms with Crippen molar-refractivity contribution in [1.82, 2.24) is 0 Å². The van der Waals surface area contributed by atoms with Gasteiger partial charge >= 0.3 is 0 Å². The zero-order valence-corrected chi connectivity index (χ0v) is 12.9. The van der Waals surface area contributed by atoms with Gasteiger partial charge in [-0.05, 0) is 31.5 Å². The minimum atomic E-state index is -0.545. The molecule has 0 N–H and O–H groups in total. The van der Waals surface area contributed by atoms with Crippen molar-refractivity contribution >= 4 is 23.1 Å². The van der Waals surface area contributed by atoms with Crippen molar-refractivity contribution in [3.63, 3.8) is 0 Å². The zero-order chi connectivity index (χ0) is 16.3. The Morgan fingerprint density at radius 2 is 1.95 bits per heavy atom. The molecule has 2 aromatic carbocycles. The second kappa shape index (κ2) is 6.58. The molecule has 5 nitrogen and oxygen atoms in total. The van der Waals surface area contributed by atoms with Gasteiger partial charge in [-0.15, -0.1) is 0 Å². The fourth-order valence-electron chi connectivity index (χ4n) is 1.98. The van der Waals surface area contributed by atoms with Crippen LogP contribution in [0.4, 0.5) is 5.69 Å². The Morgan fingerprint density at radius 3 is 2.59 bits per heavy atom. The molecule has 0 spiro atoms. The molecule has 22 heavy (non-hydrogen) atoms. The Labute approximate surface area is 132 Å². The zero-order valence-electron chi connectivity index (χ0n) is 12.1. The highest BCUT2D eigenvalue weighted by molar-refractivity contribution is 6.32. The average Bonchev–Trinajstić information content (AvgIpc) is 2.48. The van der Waals surface area contributed by atoms with E-state index in [-0.39, 0.29) is 28.8 Å². The molecule has 0 amide bonds. The van der Waals surface area contributed by atoms with Crippen LogP contribution in [0.1, 0.15) is 21.5 Å². The Kier molecular flexibility index (Phi) is 4.78. The summed E-state index contributed by atoms with van der Waals surface area (Å²) in [4.78, 5) is 22.3. The van der Waals surface area contributed by atoms with Gasteiger partial charge in [-0.1, -0.05) is 29.3 Å². The van der Waals surface area contributed by atoms with Crippen molar-refractivity contribution in [2.45, 2.75) is 13.8 Å². The average molecular weight is 320 g/mol. The van der Waals surface area contributed by atoms with Crippen molar-refractivity contribution in [2.24, 2.45) is 0 Å². The van der Waals surface area contributed by atoms with Gasteiger partial charge in [0, 0.05) is 17.7 Å². The second-order valence-electron chi connectivity index (χ2n) is 4.90. The number of benzene rings is 2. The van der Waals surface area contributed by atoms with E-state index in [9.17, 15) is 14.9 Å². The molecule has 114 valence electrons. The van der Waals surface area contributed by atoms with Gasteiger partial charge in [0.25, 0.3) is 5.69 Å². The van der Waals surface area contributed by atoms with Crippen LogP contribution in [0, 0.1) is 24.0 Å². The van der Waals surface area contributed by atoms with Crippen molar-refractivity contribution < 1.29 is 14.5 Å². The lowest BCUT2D eigenvalue weighted by Crippen LogP contribution is -2.13. The lowest BCUT2D eigenvalue weighted by Gasteiger charge is -2.09. The van der Waals surface area contributed by atoms with E-state index in [1.54, 1.807) is 6.07 Å². The van der Waals surface area contributed by atoms with Crippen LogP contribution in [0.15, 0.2) is 36.4 Å². The number of carbonyl (C=O) groups excluding carboxylic acids is 1. The van der Waals surface area contributed by atoms with Crippen LogP contribution in [0.3, 0.4) is 0 Å². The number of carbonyl (C=O) groups is 1. The third-order valence-electron chi connectivity index (χ3n) is 3.18. The number of nitrogens with zero attached hydrogens (tertiary/aromatic N) is 1. The van der Waals surface area contributed by atoms with Crippen LogP contribution < -0.4 is 4.74 Å². The molecule has 0 bridgehead atoms. The van der Waals surface area contributed by atoms with Gasteiger partial charge in [0.2, 0.25) is 0 Å². The first-order chi connectivity index (χ1) is 10.4. The first-order valence-electron chi connectivity index (χ1n) is 6.55. The van der Waals surface area contributed by atoms with E-state index in [2.05, 4.69) is 0 Å². The van der Waals surface area contributed by atoms with E-state index < -0.39 is 4.92 Å². The molecule has 0 fully saturated rings. The number of aryl methyl sites for hydroxylation is 2. The maximum atomic E-state index is 12.2. The number of nitro benzene ring substituents is 1. The molecule has 0 atom stereocenters. The number of hydrogen-bond donors (Lipinski definition) is 0. The fraction of sp³-hybridized carbons (Fsp3) is 0.188. The summed E-state index contributed by atoms with van der Waals surface area (Å²) in [6.45, 7) is 3.58. The van der Waals surface area contributed by atoms with Crippen molar-refractivity contribution in [2.75, 3.05) is 6.61 Å². The highest BCUT2D eigenvalue weighted by Crippen LogP contribution is 2.28. The van der Waals surface area contributed by atoms with Crippen LogP contribution >= 0.6 is 11.6 Å². The van der Waals surface area contributed by atoms with E-state index in [0.717, 1.165) is 11.1 Å². The number of non-ortho nitro benzene ring substituents is 1. The van der Waals surface area contributed by atoms with E-state index in [0.29, 0.717) is 5.56 Å². The first kappa shape index (κ1) is 16.0. The molecule has 0 aliphatic carbocycles. The Hall–Kier alpha value is -2.40. The van der Waals surface area contributed by atoms with E-state index in [1.807, 2.05) is 26.0 Å². The van der Waals surface area contributed by atoms with Gasteiger partial charge in [-0.3, -0.25) is 14.9 Å². The fourth-order valence-corrected chi connectivity index (χ4v) is 2.21. The number of nitro groups is 1. The van der Waals surface area contributed by atoms with Crippen LogP contribution in [0.2, 0.25) is 5.02 Å². The maximum absolute atomic E-state index is 12.2. The third kappa shape index (κ3) is 3.62. The molecule has 0 aliphatic heterocycles. The number of rotatable bonds is 5. The van der Waals surface area contributed by atoms with E-state index in [4.69, 9.17) is 16.3 Å². The van der Waals surface area contributed by atoms with Gasteiger partial charge in [-0.25, -0.2) is 0 Å². The van der Waals surface area contributed by atoms with Crippen LogP contribution in [0.5, 0.6) is 5.75 Å². The lowest BCUT2D eigenvalue weighted by atomic mass is 10.0. The second-order valence-corrected chi connectivity index (χ2v) is 5.31. The molecule has 0 saturated heterocycles. The largest absolute Gasteiger partial charge is 0.484 e. The summed E-state index contributed by atoms with van der Waals surface area (Å²) in [7, 11) is 0. The summed E-state index contributed by atoms with van der Waals surface area (Å²) in [5, 5.41) is 10.7. The number of ether oxygens (including phenoxy) is 1. The summed E-state index contributed by atoms with van der Waals surface area (Å²) >= 11 is 5.92. The summed E-state index contributed by atoms with van der Waals surface area (Å²) in [5.41, 5.74) is 2.33.